The summed E-state index contributed by atoms with van der Waals surface area (Å²) in [6, 6.07) is 11.4. The zero-order valence-corrected chi connectivity index (χ0v) is 18.5. The van der Waals surface area contributed by atoms with Crippen molar-refractivity contribution in [1.29, 1.82) is 0 Å². The molecule has 2 heterocycles. The van der Waals surface area contributed by atoms with E-state index in [0.29, 0.717) is 35.5 Å². The second kappa shape index (κ2) is 9.30. The van der Waals surface area contributed by atoms with Crippen LogP contribution in [0.5, 0.6) is 17.2 Å². The van der Waals surface area contributed by atoms with Crippen LogP contribution in [0, 0.1) is 13.8 Å². The van der Waals surface area contributed by atoms with Gasteiger partial charge in [0.05, 0.1) is 5.75 Å². The van der Waals surface area contributed by atoms with Crippen molar-refractivity contribution in [2.75, 3.05) is 17.9 Å². The second-order valence-corrected chi connectivity index (χ2v) is 8.05. The minimum Gasteiger partial charge on any atom is -0.485 e. The minimum absolute atomic E-state index is 0.136. The number of hydrogen-bond acceptors (Lipinski definition) is 7. The molecule has 1 N–H and O–H groups in total. The van der Waals surface area contributed by atoms with Crippen molar-refractivity contribution in [2.24, 2.45) is 0 Å². The monoisotopic (exact) mass is 440 g/mol. The van der Waals surface area contributed by atoms with Gasteiger partial charge in [0.2, 0.25) is 12.7 Å². The van der Waals surface area contributed by atoms with Crippen LogP contribution in [0.2, 0.25) is 0 Å². The van der Waals surface area contributed by atoms with E-state index in [2.05, 4.69) is 21.6 Å². The van der Waals surface area contributed by atoms with Crippen LogP contribution in [0.25, 0.3) is 0 Å². The summed E-state index contributed by atoms with van der Waals surface area (Å²) in [6.07, 6.45) is 0. The summed E-state index contributed by atoms with van der Waals surface area (Å²) in [4.78, 5) is 12.4. The number of carbonyl (C=O) groups excluding carboxylic acids is 1. The predicted octanol–water partition coefficient (Wildman–Crippen LogP) is 3.95. The molecule has 0 bridgehead atoms. The lowest BCUT2D eigenvalue weighted by atomic mass is 10.1. The number of ether oxygens (including phenoxy) is 3. The number of thioether (sulfide) groups is 1. The third-order valence-electron chi connectivity index (χ3n) is 4.80. The number of anilines is 1. The van der Waals surface area contributed by atoms with E-state index >= 15 is 0 Å². The van der Waals surface area contributed by atoms with Crippen LogP contribution in [-0.4, -0.2) is 33.2 Å². The summed E-state index contributed by atoms with van der Waals surface area (Å²) in [5, 5.41) is 12.1. The summed E-state index contributed by atoms with van der Waals surface area (Å²) in [5.41, 5.74) is 2.87. The first-order valence-corrected chi connectivity index (χ1v) is 11.0. The van der Waals surface area contributed by atoms with Crippen molar-refractivity contribution in [3.63, 3.8) is 0 Å². The van der Waals surface area contributed by atoms with Crippen LogP contribution in [-0.2, 0) is 17.9 Å². The third kappa shape index (κ3) is 4.93. The molecule has 4 rings (SSSR count). The van der Waals surface area contributed by atoms with Gasteiger partial charge in [-0.1, -0.05) is 23.9 Å². The van der Waals surface area contributed by atoms with Crippen LogP contribution < -0.4 is 19.5 Å². The number of nitrogens with one attached hydrogen (secondary N) is 1. The molecule has 0 spiro atoms. The Morgan fingerprint density at radius 1 is 1.16 bits per heavy atom. The fraction of sp³-hybridized carbons (Fsp3) is 0.318. The standard InChI is InChI=1S/C22H24N4O4S/c1-4-26-20(11-28-18-9-14(2)5-6-15(18)3)24-25-22(26)31-12-21(27)23-16-7-8-17-19(10-16)30-13-29-17/h5-10H,4,11-13H2,1-3H3,(H,23,27). The summed E-state index contributed by atoms with van der Waals surface area (Å²) in [5.74, 6) is 2.95. The lowest BCUT2D eigenvalue weighted by Gasteiger charge is -2.11. The smallest absolute Gasteiger partial charge is 0.234 e. The summed E-state index contributed by atoms with van der Waals surface area (Å²) >= 11 is 1.34. The molecule has 0 saturated carbocycles. The van der Waals surface area contributed by atoms with Crippen molar-refractivity contribution in [2.45, 2.75) is 39.1 Å². The van der Waals surface area contributed by atoms with Gasteiger partial charge in [-0.05, 0) is 50.1 Å². The molecule has 0 fully saturated rings. The molecule has 2 aromatic carbocycles. The predicted molar refractivity (Wildman–Crippen MR) is 118 cm³/mol. The van der Waals surface area contributed by atoms with Gasteiger partial charge in [-0.2, -0.15) is 0 Å². The van der Waals surface area contributed by atoms with Crippen LogP contribution in [0.3, 0.4) is 0 Å². The topological polar surface area (TPSA) is 87.5 Å². The third-order valence-corrected chi connectivity index (χ3v) is 5.77. The lowest BCUT2D eigenvalue weighted by Crippen LogP contribution is -2.15. The van der Waals surface area contributed by atoms with Crippen molar-refractivity contribution >= 4 is 23.4 Å². The Kier molecular flexibility index (Phi) is 6.31. The number of nitrogens with zero attached hydrogens (tertiary/aromatic N) is 3. The minimum atomic E-state index is -0.136. The van der Waals surface area contributed by atoms with Gasteiger partial charge in [0.25, 0.3) is 0 Å². The maximum atomic E-state index is 12.4. The van der Waals surface area contributed by atoms with Crippen molar-refractivity contribution < 1.29 is 19.0 Å². The number of hydrogen-bond donors (Lipinski definition) is 1. The van der Waals surface area contributed by atoms with E-state index in [1.165, 1.54) is 11.8 Å². The lowest BCUT2D eigenvalue weighted by molar-refractivity contribution is -0.113. The van der Waals surface area contributed by atoms with Gasteiger partial charge in [-0.3, -0.25) is 4.79 Å². The molecule has 8 nitrogen and oxygen atoms in total. The van der Waals surface area contributed by atoms with E-state index in [4.69, 9.17) is 14.2 Å². The zero-order valence-electron chi connectivity index (χ0n) is 17.7. The first kappa shape index (κ1) is 21.0. The molecule has 1 aliphatic rings. The number of amides is 1. The molecule has 0 unspecified atom stereocenters. The van der Waals surface area contributed by atoms with Crippen LogP contribution in [0.4, 0.5) is 5.69 Å². The molecule has 162 valence electrons. The maximum absolute atomic E-state index is 12.4. The fourth-order valence-electron chi connectivity index (χ4n) is 3.16. The van der Waals surface area contributed by atoms with Crippen LogP contribution in [0.15, 0.2) is 41.6 Å². The summed E-state index contributed by atoms with van der Waals surface area (Å²) in [6.45, 7) is 7.26. The Bertz CT molecular complexity index is 1100. The molecule has 1 aromatic heterocycles. The Hall–Kier alpha value is -3.20. The number of benzene rings is 2. The normalized spacial score (nSPS) is 12.1. The number of aromatic nitrogens is 3. The van der Waals surface area contributed by atoms with E-state index in [1.807, 2.05) is 37.5 Å². The van der Waals surface area contributed by atoms with Crippen molar-refractivity contribution in [3.05, 3.63) is 53.3 Å². The average Bonchev–Trinajstić information content (AvgIpc) is 3.38. The maximum Gasteiger partial charge on any atom is 0.234 e. The Balaban J connectivity index is 1.35. The van der Waals surface area contributed by atoms with Gasteiger partial charge < -0.3 is 24.1 Å². The number of carbonyl (C=O) groups is 1. The van der Waals surface area contributed by atoms with Gasteiger partial charge in [-0.15, -0.1) is 10.2 Å². The molecular weight excluding hydrogens is 416 g/mol. The molecule has 0 atom stereocenters. The average molecular weight is 441 g/mol. The molecule has 31 heavy (non-hydrogen) atoms. The van der Waals surface area contributed by atoms with Gasteiger partial charge in [0.15, 0.2) is 22.5 Å². The van der Waals surface area contributed by atoms with E-state index in [-0.39, 0.29) is 18.5 Å². The van der Waals surface area contributed by atoms with E-state index in [9.17, 15) is 4.79 Å². The molecule has 0 saturated heterocycles. The zero-order chi connectivity index (χ0) is 21.8. The van der Waals surface area contributed by atoms with Crippen LogP contribution >= 0.6 is 11.8 Å². The molecule has 0 radical (unpaired) electrons. The van der Waals surface area contributed by atoms with Crippen LogP contribution in [0.1, 0.15) is 23.9 Å². The SMILES string of the molecule is CCn1c(COc2cc(C)ccc2C)nnc1SCC(=O)Nc1ccc2c(c1)OCO2. The molecular formula is C22H24N4O4S. The first-order chi connectivity index (χ1) is 15.0. The molecule has 1 amide bonds. The number of aryl methyl sites for hydroxylation is 2. The van der Waals surface area contributed by atoms with Gasteiger partial charge in [-0.25, -0.2) is 0 Å². The highest BCUT2D eigenvalue weighted by atomic mass is 32.2. The number of fused-ring (bicyclic) bond motifs is 1. The Labute approximate surface area is 184 Å². The van der Waals surface area contributed by atoms with Gasteiger partial charge >= 0.3 is 0 Å². The largest absolute Gasteiger partial charge is 0.485 e. The molecule has 1 aliphatic heterocycles. The highest BCUT2D eigenvalue weighted by molar-refractivity contribution is 7.99. The molecule has 3 aromatic rings. The Morgan fingerprint density at radius 3 is 2.84 bits per heavy atom. The van der Waals surface area contributed by atoms with Crippen molar-refractivity contribution in [1.82, 2.24) is 14.8 Å². The summed E-state index contributed by atoms with van der Waals surface area (Å²) in [7, 11) is 0. The number of rotatable bonds is 8. The first-order valence-electron chi connectivity index (χ1n) is 9.98. The highest BCUT2D eigenvalue weighted by Crippen LogP contribution is 2.34. The fourth-order valence-corrected chi connectivity index (χ4v) is 3.98. The molecule has 0 aliphatic carbocycles. The van der Waals surface area contributed by atoms with E-state index < -0.39 is 0 Å². The second-order valence-electron chi connectivity index (χ2n) is 7.11. The highest BCUT2D eigenvalue weighted by Gasteiger charge is 2.16. The van der Waals surface area contributed by atoms with E-state index in [0.717, 1.165) is 22.7 Å². The van der Waals surface area contributed by atoms with E-state index in [1.54, 1.807) is 18.2 Å². The van der Waals surface area contributed by atoms with Crippen molar-refractivity contribution in [3.8, 4) is 17.2 Å². The summed E-state index contributed by atoms with van der Waals surface area (Å²) < 4.78 is 18.6. The molecule has 9 heteroatoms. The Morgan fingerprint density at radius 2 is 2.00 bits per heavy atom. The van der Waals surface area contributed by atoms with Gasteiger partial charge in [0, 0.05) is 18.3 Å². The quantitative estimate of drug-likeness (QED) is 0.531. The van der Waals surface area contributed by atoms with Gasteiger partial charge in [0.1, 0.15) is 12.4 Å².